The van der Waals surface area contributed by atoms with Crippen molar-refractivity contribution in [3.05, 3.63) is 35.4 Å². The lowest BCUT2D eigenvalue weighted by Crippen LogP contribution is -2.48. The molecule has 1 aromatic rings. The van der Waals surface area contributed by atoms with E-state index in [9.17, 15) is 4.79 Å². The number of benzene rings is 1. The second kappa shape index (κ2) is 11.6. The first-order valence-corrected chi connectivity index (χ1v) is 9.85. The van der Waals surface area contributed by atoms with E-state index in [0.717, 1.165) is 51.3 Å². The van der Waals surface area contributed by atoms with Crippen LogP contribution >= 0.6 is 0 Å². The second-order valence-electron chi connectivity index (χ2n) is 6.88. The van der Waals surface area contributed by atoms with Gasteiger partial charge in [-0.25, -0.2) is 0 Å². The summed E-state index contributed by atoms with van der Waals surface area (Å²) in [6, 6.07) is 8.40. The van der Waals surface area contributed by atoms with Crippen molar-refractivity contribution in [2.75, 3.05) is 40.4 Å². The Hall–Kier alpha value is -2.08. The lowest BCUT2D eigenvalue weighted by Gasteiger charge is -2.35. The van der Waals surface area contributed by atoms with Gasteiger partial charge in [-0.15, -0.1) is 0 Å². The lowest BCUT2D eigenvalue weighted by atomic mass is 10.0. The molecule has 1 aliphatic rings. The molecule has 0 radical (unpaired) electrons. The van der Waals surface area contributed by atoms with Gasteiger partial charge in [-0.3, -0.25) is 9.79 Å². The van der Waals surface area contributed by atoms with Crippen molar-refractivity contribution in [3.63, 3.8) is 0 Å². The molecule has 0 aliphatic carbocycles. The van der Waals surface area contributed by atoms with Gasteiger partial charge in [0.05, 0.1) is 20.3 Å². The standard InChI is InChI=1S/C21H33N3O3/c1-17-10-7-8-11-18(17)19-16-24(14-15-27-19)21(22-2)23-13-9-5-4-6-12-20(25)26-3/h7-8,10-11,19H,4-6,9,12-16H2,1-3H3,(H,22,23). The molecule has 0 bridgehead atoms. The van der Waals surface area contributed by atoms with Gasteiger partial charge in [-0.05, 0) is 30.9 Å². The Morgan fingerprint density at radius 1 is 1.30 bits per heavy atom. The minimum atomic E-state index is -0.121. The fourth-order valence-electron chi connectivity index (χ4n) is 3.36. The van der Waals surface area contributed by atoms with Crippen LogP contribution < -0.4 is 5.32 Å². The number of aryl methyl sites for hydroxylation is 1. The molecule has 1 aromatic carbocycles. The number of morpholine rings is 1. The Morgan fingerprint density at radius 2 is 2.07 bits per heavy atom. The number of unbranched alkanes of at least 4 members (excludes halogenated alkanes) is 3. The maximum Gasteiger partial charge on any atom is 0.305 e. The van der Waals surface area contributed by atoms with E-state index in [-0.39, 0.29) is 12.1 Å². The van der Waals surface area contributed by atoms with Crippen molar-refractivity contribution in [3.8, 4) is 0 Å². The summed E-state index contributed by atoms with van der Waals surface area (Å²) in [5.41, 5.74) is 2.52. The smallest absolute Gasteiger partial charge is 0.305 e. The third kappa shape index (κ3) is 6.86. The molecule has 1 N–H and O–H groups in total. The van der Waals surface area contributed by atoms with E-state index < -0.39 is 0 Å². The van der Waals surface area contributed by atoms with E-state index in [1.54, 1.807) is 0 Å². The molecule has 2 rings (SSSR count). The topological polar surface area (TPSA) is 63.2 Å². The van der Waals surface area contributed by atoms with Crippen molar-refractivity contribution in [1.29, 1.82) is 0 Å². The molecule has 0 saturated carbocycles. The highest BCUT2D eigenvalue weighted by molar-refractivity contribution is 5.80. The number of ether oxygens (including phenoxy) is 2. The fraction of sp³-hybridized carbons (Fsp3) is 0.619. The van der Waals surface area contributed by atoms with Crippen LogP contribution in [0.15, 0.2) is 29.3 Å². The number of nitrogens with zero attached hydrogens (tertiary/aromatic N) is 2. The molecule has 150 valence electrons. The molecule has 0 spiro atoms. The summed E-state index contributed by atoms with van der Waals surface area (Å²) in [5, 5.41) is 3.47. The van der Waals surface area contributed by atoms with E-state index in [1.807, 2.05) is 7.05 Å². The zero-order chi connectivity index (χ0) is 19.5. The van der Waals surface area contributed by atoms with Crippen LogP contribution in [0.3, 0.4) is 0 Å². The van der Waals surface area contributed by atoms with Crippen LogP contribution in [0, 0.1) is 6.92 Å². The quantitative estimate of drug-likeness (QED) is 0.327. The number of aliphatic imine (C=N–C) groups is 1. The monoisotopic (exact) mass is 375 g/mol. The van der Waals surface area contributed by atoms with Crippen molar-refractivity contribution in [2.45, 2.75) is 45.1 Å². The van der Waals surface area contributed by atoms with Crippen molar-refractivity contribution in [1.82, 2.24) is 10.2 Å². The molecule has 0 amide bonds. The zero-order valence-corrected chi connectivity index (χ0v) is 16.9. The van der Waals surface area contributed by atoms with E-state index in [1.165, 1.54) is 18.2 Å². The number of carbonyl (C=O) groups excluding carboxylic acids is 1. The van der Waals surface area contributed by atoms with Crippen LogP contribution in [0.1, 0.15) is 49.3 Å². The van der Waals surface area contributed by atoms with E-state index in [2.05, 4.69) is 51.1 Å². The van der Waals surface area contributed by atoms with Gasteiger partial charge in [0, 0.05) is 26.6 Å². The highest BCUT2D eigenvalue weighted by atomic mass is 16.5. The van der Waals surface area contributed by atoms with Crippen LogP contribution in [-0.4, -0.2) is 57.2 Å². The Bertz CT molecular complexity index is 618. The number of hydrogen-bond donors (Lipinski definition) is 1. The fourth-order valence-corrected chi connectivity index (χ4v) is 3.36. The van der Waals surface area contributed by atoms with Gasteiger partial charge in [0.25, 0.3) is 0 Å². The molecule has 1 atom stereocenters. The number of carbonyl (C=O) groups is 1. The van der Waals surface area contributed by atoms with Crippen LogP contribution in [-0.2, 0) is 14.3 Å². The zero-order valence-electron chi connectivity index (χ0n) is 16.9. The lowest BCUT2D eigenvalue weighted by molar-refractivity contribution is -0.140. The van der Waals surface area contributed by atoms with Crippen LogP contribution in [0.4, 0.5) is 0 Å². The molecular weight excluding hydrogens is 342 g/mol. The van der Waals surface area contributed by atoms with Crippen molar-refractivity contribution in [2.24, 2.45) is 4.99 Å². The van der Waals surface area contributed by atoms with E-state index in [4.69, 9.17) is 4.74 Å². The Balaban J connectivity index is 1.73. The van der Waals surface area contributed by atoms with Crippen molar-refractivity contribution < 1.29 is 14.3 Å². The molecule has 1 saturated heterocycles. The first-order chi connectivity index (χ1) is 13.2. The molecule has 1 fully saturated rings. The predicted molar refractivity (Wildman–Crippen MR) is 108 cm³/mol. The number of hydrogen-bond acceptors (Lipinski definition) is 4. The molecule has 27 heavy (non-hydrogen) atoms. The highest BCUT2D eigenvalue weighted by Crippen LogP contribution is 2.24. The molecule has 1 heterocycles. The summed E-state index contributed by atoms with van der Waals surface area (Å²) >= 11 is 0. The Labute approximate surface area is 162 Å². The summed E-state index contributed by atoms with van der Waals surface area (Å²) in [5.74, 6) is 0.815. The summed E-state index contributed by atoms with van der Waals surface area (Å²) < 4.78 is 10.7. The molecular formula is C21H33N3O3. The summed E-state index contributed by atoms with van der Waals surface area (Å²) in [6.45, 7) is 5.38. The third-order valence-corrected chi connectivity index (χ3v) is 4.93. The van der Waals surface area contributed by atoms with Gasteiger partial charge >= 0.3 is 5.97 Å². The molecule has 0 aromatic heterocycles. The maximum atomic E-state index is 11.1. The van der Waals surface area contributed by atoms with Gasteiger partial charge < -0.3 is 19.7 Å². The SMILES string of the molecule is CN=C(NCCCCCCC(=O)OC)N1CCOC(c2ccccc2C)C1. The van der Waals surface area contributed by atoms with Gasteiger partial charge in [0.15, 0.2) is 5.96 Å². The van der Waals surface area contributed by atoms with Gasteiger partial charge in [-0.1, -0.05) is 37.1 Å². The molecule has 1 aliphatic heterocycles. The van der Waals surface area contributed by atoms with Crippen LogP contribution in [0.25, 0.3) is 0 Å². The molecule has 6 heteroatoms. The van der Waals surface area contributed by atoms with Gasteiger partial charge in [0.1, 0.15) is 6.10 Å². The van der Waals surface area contributed by atoms with E-state index >= 15 is 0 Å². The highest BCUT2D eigenvalue weighted by Gasteiger charge is 2.24. The van der Waals surface area contributed by atoms with Gasteiger partial charge in [-0.2, -0.15) is 0 Å². The predicted octanol–water partition coefficient (Wildman–Crippen LogP) is 3.07. The first-order valence-electron chi connectivity index (χ1n) is 9.85. The number of methoxy groups -OCH3 is 1. The van der Waals surface area contributed by atoms with Crippen molar-refractivity contribution >= 4 is 11.9 Å². The average molecular weight is 376 g/mol. The number of guanidine groups is 1. The maximum absolute atomic E-state index is 11.1. The minimum absolute atomic E-state index is 0.0804. The number of nitrogens with one attached hydrogen (secondary N) is 1. The van der Waals surface area contributed by atoms with Crippen LogP contribution in [0.2, 0.25) is 0 Å². The Kier molecular flexibility index (Phi) is 9.11. The summed E-state index contributed by atoms with van der Waals surface area (Å²) in [4.78, 5) is 17.8. The summed E-state index contributed by atoms with van der Waals surface area (Å²) in [7, 11) is 3.27. The second-order valence-corrected chi connectivity index (χ2v) is 6.88. The third-order valence-electron chi connectivity index (χ3n) is 4.93. The molecule has 6 nitrogen and oxygen atoms in total. The first kappa shape index (κ1) is 21.2. The summed E-state index contributed by atoms with van der Waals surface area (Å²) in [6.07, 6.45) is 4.68. The average Bonchev–Trinajstić information content (AvgIpc) is 2.70. The Morgan fingerprint density at radius 3 is 2.81 bits per heavy atom. The van der Waals surface area contributed by atoms with Gasteiger partial charge in [0.2, 0.25) is 0 Å². The van der Waals surface area contributed by atoms with E-state index in [0.29, 0.717) is 13.0 Å². The molecule has 1 unspecified atom stereocenters. The largest absolute Gasteiger partial charge is 0.469 e. The normalized spacial score (nSPS) is 17.7. The van der Waals surface area contributed by atoms with Crippen LogP contribution in [0.5, 0.6) is 0 Å². The minimum Gasteiger partial charge on any atom is -0.469 e. The number of esters is 1. The number of rotatable bonds is 8.